The van der Waals surface area contributed by atoms with Crippen LogP contribution in [0.2, 0.25) is 0 Å². The van der Waals surface area contributed by atoms with Crippen molar-refractivity contribution in [1.29, 1.82) is 0 Å². The van der Waals surface area contributed by atoms with E-state index < -0.39 is 15.1 Å². The summed E-state index contributed by atoms with van der Waals surface area (Å²) in [6.07, 6.45) is 0. The van der Waals surface area contributed by atoms with E-state index in [1.54, 1.807) is 0 Å². The molecule has 6 heteroatoms. The molecule has 0 amide bonds. The summed E-state index contributed by atoms with van der Waals surface area (Å²) in [7, 11) is 14.1. The summed E-state index contributed by atoms with van der Waals surface area (Å²) in [5.41, 5.74) is 2.64. The normalized spacial score (nSPS) is 9.50. The molecule has 0 N–H and O–H groups in total. The molecule has 0 aromatic heterocycles. The van der Waals surface area contributed by atoms with Gasteiger partial charge in [0.25, 0.3) is 0 Å². The average molecular weight is 426 g/mol. The molecule has 0 spiro atoms. The van der Waals surface area contributed by atoms with E-state index in [0.29, 0.717) is 0 Å². The number of hydrogen-bond acceptors (Lipinski definition) is 1. The van der Waals surface area contributed by atoms with Gasteiger partial charge in [-0.2, -0.15) is 0 Å². The standard InChI is InChI=1S/C16H16NS.3ClH.Zn/c1-11-4-5-12-9-13-6-7-14(17(2)3)10-16(13)18-15(12)8-11;;;;/h4-10H,1-3H3;3*1H;/q+1;;;;+2/p-3. The van der Waals surface area contributed by atoms with Crippen LogP contribution < -0.4 is 22.3 Å². The second kappa shape index (κ2) is 9.20. The second-order valence-corrected chi connectivity index (χ2v) is 10.7. The molecule has 0 fully saturated rings. The van der Waals surface area contributed by atoms with Crippen LogP contribution in [0.25, 0.3) is 20.5 Å². The van der Waals surface area contributed by atoms with Crippen molar-refractivity contribution in [1.82, 2.24) is 4.58 Å². The Bertz CT molecular complexity index is 797. The van der Waals surface area contributed by atoms with E-state index in [2.05, 4.69) is 68.1 Å². The quantitative estimate of drug-likeness (QED) is 0.293. The maximum absolute atomic E-state index is 4.95. The van der Waals surface area contributed by atoms with Gasteiger partial charge in [0, 0.05) is 21.7 Å². The maximum atomic E-state index is 4.95. The van der Waals surface area contributed by atoms with Crippen molar-refractivity contribution in [2.45, 2.75) is 6.92 Å². The fourth-order valence-corrected chi connectivity index (χ4v) is 3.30. The molecule has 114 valence electrons. The monoisotopic (exact) mass is 423 g/mol. The molecule has 1 aliphatic heterocycles. The summed E-state index contributed by atoms with van der Waals surface area (Å²) in [4.78, 5) is 1.35. The van der Waals surface area contributed by atoms with Gasteiger partial charge in [0.1, 0.15) is 14.1 Å². The zero-order valence-electron chi connectivity index (χ0n) is 12.7. The molecular weight excluding hydrogens is 410 g/mol. The minimum absolute atomic E-state index is 0. The van der Waals surface area contributed by atoms with E-state index in [1.165, 1.54) is 31.4 Å². The van der Waals surface area contributed by atoms with Gasteiger partial charge < -0.3 is 12.4 Å². The first-order chi connectivity index (χ1) is 10.0. The Kier molecular flexibility index (Phi) is 8.31. The Morgan fingerprint density at radius 2 is 1.68 bits per heavy atom. The first kappa shape index (κ1) is 19.9. The van der Waals surface area contributed by atoms with Crippen LogP contribution in [0.15, 0.2) is 42.5 Å². The van der Waals surface area contributed by atoms with Crippen molar-refractivity contribution in [3.63, 3.8) is 0 Å². The van der Waals surface area contributed by atoms with Gasteiger partial charge in [-0.05, 0) is 41.6 Å². The number of benzene rings is 2. The predicted molar refractivity (Wildman–Crippen MR) is 92.0 cm³/mol. The van der Waals surface area contributed by atoms with Crippen molar-refractivity contribution in [3.05, 3.63) is 53.4 Å². The van der Waals surface area contributed by atoms with Gasteiger partial charge in [-0.3, -0.25) is 0 Å². The summed E-state index contributed by atoms with van der Waals surface area (Å²) >= 11 is 0.940. The Balaban J connectivity index is 0.000000562. The Morgan fingerprint density at radius 1 is 1.00 bits per heavy atom. The molecule has 3 rings (SSSR count). The van der Waals surface area contributed by atoms with Gasteiger partial charge in [0.2, 0.25) is 5.36 Å². The molecule has 0 bridgehead atoms. The molecule has 22 heavy (non-hydrogen) atoms. The van der Waals surface area contributed by atoms with Crippen LogP contribution in [-0.2, 0) is 15.1 Å². The van der Waals surface area contributed by atoms with E-state index in [0.717, 1.165) is 0 Å². The van der Waals surface area contributed by atoms with Gasteiger partial charge >= 0.3 is 34.5 Å². The SMILES string of the molecule is Cc1ccc2cc3ccc(=[N+](C)C)cc-3sc2c1.[Cl-].[Cl][Zn][Cl]. The van der Waals surface area contributed by atoms with E-state index in [1.807, 2.05) is 11.3 Å². The van der Waals surface area contributed by atoms with Crippen molar-refractivity contribution >= 4 is 40.8 Å². The molecule has 1 aromatic carbocycles. The fourth-order valence-electron chi connectivity index (χ4n) is 2.14. The van der Waals surface area contributed by atoms with Crippen molar-refractivity contribution in [2.75, 3.05) is 14.1 Å². The summed E-state index contributed by atoms with van der Waals surface area (Å²) in [5.74, 6) is 0. The van der Waals surface area contributed by atoms with E-state index in [-0.39, 0.29) is 12.4 Å². The van der Waals surface area contributed by atoms with Crippen molar-refractivity contribution in [3.8, 4) is 10.4 Å². The predicted octanol–water partition coefficient (Wildman–Crippen LogP) is 1.73. The summed E-state index contributed by atoms with van der Waals surface area (Å²) in [5, 5.41) is 2.58. The molecule has 0 unspecified atom stereocenters. The molecule has 0 saturated carbocycles. The first-order valence-corrected chi connectivity index (χ1v) is 15.2. The molecule has 0 saturated heterocycles. The molecule has 1 heterocycles. The van der Waals surface area contributed by atoms with Crippen LogP contribution in [0.3, 0.4) is 0 Å². The van der Waals surface area contributed by atoms with Gasteiger partial charge in [0.05, 0.1) is 0 Å². The van der Waals surface area contributed by atoms with Crippen LogP contribution in [0.5, 0.6) is 0 Å². The van der Waals surface area contributed by atoms with Gasteiger partial charge in [-0.15, -0.1) is 11.3 Å². The van der Waals surface area contributed by atoms with E-state index >= 15 is 0 Å². The van der Waals surface area contributed by atoms with E-state index in [9.17, 15) is 0 Å². The third-order valence-electron chi connectivity index (χ3n) is 3.21. The van der Waals surface area contributed by atoms with Crippen molar-refractivity contribution in [2.24, 2.45) is 0 Å². The molecule has 1 nitrogen and oxygen atoms in total. The molecule has 0 atom stereocenters. The summed E-state index contributed by atoms with van der Waals surface area (Å²) < 4.78 is 3.51. The first-order valence-electron chi connectivity index (χ1n) is 6.61. The van der Waals surface area contributed by atoms with Crippen LogP contribution in [0.1, 0.15) is 5.56 Å². The topological polar surface area (TPSA) is 3.01 Å². The Hall–Kier alpha value is -0.177. The fraction of sp³-hybridized carbons (Fsp3) is 0.188. The van der Waals surface area contributed by atoms with Crippen LogP contribution in [0, 0.1) is 6.92 Å². The second-order valence-electron chi connectivity index (χ2n) is 5.01. The zero-order valence-corrected chi connectivity index (χ0v) is 18.8. The third-order valence-corrected chi connectivity index (χ3v) is 4.36. The molecule has 1 aliphatic carbocycles. The van der Waals surface area contributed by atoms with Crippen LogP contribution >= 0.6 is 30.7 Å². The van der Waals surface area contributed by atoms with E-state index in [4.69, 9.17) is 19.4 Å². The summed E-state index contributed by atoms with van der Waals surface area (Å²) in [6.45, 7) is 2.15. The number of hydrogen-bond donors (Lipinski definition) is 0. The molecule has 2 aliphatic rings. The number of nitrogens with zero attached hydrogens (tertiary/aromatic N) is 1. The van der Waals surface area contributed by atoms with Crippen molar-refractivity contribution < 1.29 is 27.6 Å². The molecule has 1 aromatic rings. The number of fused-ring (bicyclic) bond motifs is 2. The average Bonchev–Trinajstić information content (AvgIpc) is 2.45. The number of rotatable bonds is 0. The van der Waals surface area contributed by atoms with Gasteiger partial charge in [-0.1, -0.05) is 12.1 Å². The van der Waals surface area contributed by atoms with Crippen LogP contribution in [0.4, 0.5) is 0 Å². The van der Waals surface area contributed by atoms with Gasteiger partial charge in [0.15, 0.2) is 0 Å². The number of halogens is 3. The van der Waals surface area contributed by atoms with Gasteiger partial charge in [-0.25, -0.2) is 4.58 Å². The summed E-state index contributed by atoms with van der Waals surface area (Å²) in [6, 6.07) is 15.6. The molecular formula is C16H16Cl3NSZn. The Morgan fingerprint density at radius 3 is 2.32 bits per heavy atom. The molecule has 0 radical (unpaired) electrons. The Labute approximate surface area is 157 Å². The van der Waals surface area contributed by atoms with Crippen LogP contribution in [-0.4, -0.2) is 14.1 Å². The minimum atomic E-state index is -0.931. The third kappa shape index (κ3) is 4.91. The zero-order chi connectivity index (χ0) is 15.4. The number of aryl methyl sites for hydroxylation is 1.